The van der Waals surface area contributed by atoms with Crippen LogP contribution in [0, 0.1) is 16.2 Å². The first-order valence-electron chi connectivity index (χ1n) is 17.9. The summed E-state index contributed by atoms with van der Waals surface area (Å²) in [6, 6.07) is 11.2. The van der Waals surface area contributed by atoms with Crippen LogP contribution in [0.3, 0.4) is 0 Å². The standard InChI is InChI=1S/C39H51N7O4S/c1-7-45-34-13-12-27(20-31(34)32(22-39(4,5)14-17-42-50)36(45)28-11-10-15-40-23-28)29-19-30(51-24-29)21-33(38(49)46-18-9-8-16-41-46)43-37(48)35(26(2)3)44(6)25-47/h10-13,15,19-20,23-26,33,35,41H,7-9,14,16-18,21-22H2,1-6H3,(H,43,48). The number of nitrogens with zero attached hydrogens (tertiary/aromatic N) is 5. The van der Waals surface area contributed by atoms with Crippen molar-refractivity contribution in [2.24, 2.45) is 16.5 Å². The van der Waals surface area contributed by atoms with E-state index in [4.69, 9.17) is 0 Å². The van der Waals surface area contributed by atoms with Crippen LogP contribution in [0.25, 0.3) is 33.3 Å². The van der Waals surface area contributed by atoms with E-state index in [9.17, 15) is 19.3 Å². The lowest BCUT2D eigenvalue weighted by Crippen LogP contribution is -2.58. The number of carbonyl (C=O) groups excluding carboxylic acids is 3. The molecule has 272 valence electrons. The molecule has 1 fully saturated rings. The van der Waals surface area contributed by atoms with E-state index in [0.717, 1.165) is 64.0 Å². The molecule has 51 heavy (non-hydrogen) atoms. The third kappa shape index (κ3) is 8.73. The topological polar surface area (TPSA) is 129 Å². The van der Waals surface area contributed by atoms with Gasteiger partial charge in [0.15, 0.2) is 0 Å². The van der Waals surface area contributed by atoms with Crippen LogP contribution in [0.2, 0.25) is 0 Å². The number of hydrazine groups is 1. The maximum absolute atomic E-state index is 13.8. The monoisotopic (exact) mass is 713 g/mol. The Morgan fingerprint density at radius 2 is 1.96 bits per heavy atom. The second-order valence-electron chi connectivity index (χ2n) is 14.6. The van der Waals surface area contributed by atoms with E-state index in [1.54, 1.807) is 29.6 Å². The molecular formula is C39H51N7O4S. The molecule has 2 unspecified atom stereocenters. The van der Waals surface area contributed by atoms with E-state index in [-0.39, 0.29) is 29.7 Å². The molecule has 3 aromatic heterocycles. The van der Waals surface area contributed by atoms with Crippen LogP contribution >= 0.6 is 11.3 Å². The molecular weight excluding hydrogens is 663 g/mol. The van der Waals surface area contributed by atoms with Gasteiger partial charge in [0.05, 0.1) is 12.2 Å². The Bertz CT molecular complexity index is 1830. The fourth-order valence-corrected chi connectivity index (χ4v) is 8.18. The molecule has 0 radical (unpaired) electrons. The Labute approximate surface area is 304 Å². The third-order valence-corrected chi connectivity index (χ3v) is 10.8. The predicted molar refractivity (Wildman–Crippen MR) is 204 cm³/mol. The smallest absolute Gasteiger partial charge is 0.259 e. The number of nitroso groups, excluding NO2 is 1. The van der Waals surface area contributed by atoms with E-state index in [1.807, 2.05) is 26.1 Å². The molecule has 5 rings (SSSR count). The lowest BCUT2D eigenvalue weighted by Gasteiger charge is -2.33. The van der Waals surface area contributed by atoms with E-state index < -0.39 is 12.1 Å². The molecule has 1 aromatic carbocycles. The van der Waals surface area contributed by atoms with Crippen LogP contribution < -0.4 is 10.7 Å². The second-order valence-corrected chi connectivity index (χ2v) is 15.6. The summed E-state index contributed by atoms with van der Waals surface area (Å²) in [6.45, 7) is 12.6. The van der Waals surface area contributed by atoms with Crippen molar-refractivity contribution in [1.29, 1.82) is 0 Å². The molecule has 1 aliphatic heterocycles. The Balaban J connectivity index is 1.50. The van der Waals surface area contributed by atoms with Gasteiger partial charge in [-0.05, 0) is 96.3 Å². The SMILES string of the molecule is CCn1c(-c2cccnc2)c(CC(C)(C)CCN=O)c2cc(-c3csc(CC(NC(=O)C(C(C)C)N(C)C=O)C(=O)N4CCCCN4)c3)ccc21. The highest BCUT2D eigenvalue weighted by Crippen LogP contribution is 2.41. The van der Waals surface area contributed by atoms with Gasteiger partial charge in [-0.25, -0.2) is 5.43 Å². The van der Waals surface area contributed by atoms with Crippen molar-refractivity contribution in [3.8, 4) is 22.4 Å². The van der Waals surface area contributed by atoms with Gasteiger partial charge < -0.3 is 14.8 Å². The first-order chi connectivity index (χ1) is 24.5. The highest BCUT2D eigenvalue weighted by Gasteiger charge is 2.33. The number of hydrogen-bond donors (Lipinski definition) is 2. The summed E-state index contributed by atoms with van der Waals surface area (Å²) in [7, 11) is 1.59. The molecule has 4 aromatic rings. The number of nitrogens with one attached hydrogen (secondary N) is 2. The number of amides is 3. The number of benzene rings is 1. The Hall–Kier alpha value is -4.42. The van der Waals surface area contributed by atoms with Gasteiger partial charge in [-0.1, -0.05) is 38.9 Å². The van der Waals surface area contributed by atoms with Crippen molar-refractivity contribution in [1.82, 2.24) is 30.2 Å². The minimum Gasteiger partial charge on any atom is -0.342 e. The number of hydrogen-bond acceptors (Lipinski definition) is 8. The van der Waals surface area contributed by atoms with Crippen molar-refractivity contribution in [2.75, 3.05) is 26.7 Å². The van der Waals surface area contributed by atoms with Gasteiger partial charge >= 0.3 is 0 Å². The first-order valence-corrected chi connectivity index (χ1v) is 18.8. The van der Waals surface area contributed by atoms with Crippen molar-refractivity contribution in [2.45, 2.75) is 85.4 Å². The van der Waals surface area contributed by atoms with Crippen LogP contribution in [-0.4, -0.2) is 76.4 Å². The zero-order chi connectivity index (χ0) is 36.7. The summed E-state index contributed by atoms with van der Waals surface area (Å²) in [5.74, 6) is -0.663. The number of rotatable bonds is 16. The largest absolute Gasteiger partial charge is 0.342 e. The quantitative estimate of drug-likeness (QED) is 0.102. The van der Waals surface area contributed by atoms with E-state index in [2.05, 4.69) is 82.0 Å². The third-order valence-electron chi connectivity index (χ3n) is 9.84. The number of likely N-dealkylation sites (N-methyl/N-ethyl adjacent to an activating group) is 1. The Kier molecular flexibility index (Phi) is 12.4. The number of aryl methyl sites for hydroxylation is 1. The van der Waals surface area contributed by atoms with E-state index >= 15 is 0 Å². The molecule has 1 saturated heterocycles. The molecule has 0 aliphatic carbocycles. The molecule has 0 bridgehead atoms. The normalized spacial score (nSPS) is 14.8. The van der Waals surface area contributed by atoms with Gasteiger partial charge in [0, 0.05) is 66.8 Å². The lowest BCUT2D eigenvalue weighted by molar-refractivity contribution is -0.142. The molecule has 0 spiro atoms. The van der Waals surface area contributed by atoms with E-state index in [0.29, 0.717) is 32.3 Å². The minimum absolute atomic E-state index is 0.134. The van der Waals surface area contributed by atoms with Gasteiger partial charge in [0.1, 0.15) is 12.1 Å². The maximum Gasteiger partial charge on any atom is 0.259 e. The summed E-state index contributed by atoms with van der Waals surface area (Å²) >= 11 is 1.57. The fourth-order valence-electron chi connectivity index (χ4n) is 7.24. The highest BCUT2D eigenvalue weighted by atomic mass is 32.1. The average Bonchev–Trinajstić information content (AvgIpc) is 3.72. The molecule has 0 saturated carbocycles. The zero-order valence-corrected chi connectivity index (χ0v) is 31.5. The number of carbonyl (C=O) groups is 3. The molecule has 1 aliphatic rings. The summed E-state index contributed by atoms with van der Waals surface area (Å²) < 4.78 is 2.35. The second kappa shape index (κ2) is 16.7. The molecule has 12 heteroatoms. The van der Waals surface area contributed by atoms with Gasteiger partial charge in [-0.2, -0.15) is 4.91 Å². The summed E-state index contributed by atoms with van der Waals surface area (Å²) in [6.07, 6.45) is 7.99. The Morgan fingerprint density at radius 1 is 1.16 bits per heavy atom. The van der Waals surface area contributed by atoms with Gasteiger partial charge in [0.25, 0.3) is 5.91 Å². The van der Waals surface area contributed by atoms with Gasteiger partial charge in [-0.3, -0.25) is 24.4 Å². The van der Waals surface area contributed by atoms with Crippen molar-refractivity contribution < 1.29 is 14.4 Å². The number of pyridine rings is 1. The van der Waals surface area contributed by atoms with E-state index in [1.165, 1.54) is 10.5 Å². The highest BCUT2D eigenvalue weighted by molar-refractivity contribution is 7.10. The van der Waals surface area contributed by atoms with Crippen LogP contribution in [0.5, 0.6) is 0 Å². The molecule has 4 heterocycles. The summed E-state index contributed by atoms with van der Waals surface area (Å²) in [5.41, 5.74) is 9.67. The Morgan fingerprint density at radius 3 is 2.61 bits per heavy atom. The molecule has 2 atom stereocenters. The summed E-state index contributed by atoms with van der Waals surface area (Å²) in [4.78, 5) is 56.8. The van der Waals surface area contributed by atoms with Crippen LogP contribution in [-0.2, 0) is 33.8 Å². The van der Waals surface area contributed by atoms with Crippen LogP contribution in [0.15, 0.2) is 59.3 Å². The zero-order valence-electron chi connectivity index (χ0n) is 30.6. The maximum atomic E-state index is 13.8. The average molecular weight is 714 g/mol. The van der Waals surface area contributed by atoms with Crippen molar-refractivity contribution in [3.05, 3.63) is 69.5 Å². The fraction of sp³-hybridized carbons (Fsp3) is 0.487. The predicted octanol–water partition coefficient (Wildman–Crippen LogP) is 6.44. The number of fused-ring (bicyclic) bond motifs is 1. The van der Waals surface area contributed by atoms with Crippen molar-refractivity contribution >= 4 is 40.5 Å². The number of aromatic nitrogens is 2. The lowest BCUT2D eigenvalue weighted by atomic mass is 9.81. The molecule has 2 N–H and O–H groups in total. The van der Waals surface area contributed by atoms with Gasteiger partial charge in [0.2, 0.25) is 12.3 Å². The van der Waals surface area contributed by atoms with Crippen LogP contribution in [0.4, 0.5) is 0 Å². The number of thiophene rings is 1. The molecule has 11 nitrogen and oxygen atoms in total. The first kappa shape index (κ1) is 37.8. The van der Waals surface area contributed by atoms with Crippen molar-refractivity contribution in [3.63, 3.8) is 0 Å². The molecule has 3 amide bonds. The summed E-state index contributed by atoms with van der Waals surface area (Å²) in [5, 5.41) is 11.0. The van der Waals surface area contributed by atoms with Crippen LogP contribution in [0.1, 0.15) is 64.3 Å². The van der Waals surface area contributed by atoms with Gasteiger partial charge in [-0.15, -0.1) is 11.3 Å². The minimum atomic E-state index is -0.798.